The minimum atomic E-state index is -1.87. The van der Waals surface area contributed by atoms with E-state index in [1.807, 2.05) is 0 Å². The Morgan fingerprint density at radius 3 is 2.59 bits per heavy atom. The molecule has 2 aromatic rings. The average molecular weight is 479 g/mol. The number of aromatic nitrogens is 3. The highest BCUT2D eigenvalue weighted by atomic mass is 16.6. The number of aldehydes is 1. The number of pyridine rings is 1. The molecule has 2 aromatic heterocycles. The molecular formula is C20H25N5O9. The number of aliphatic hydroxyl groups excluding tert-OH is 3. The molecule has 14 nitrogen and oxygen atoms in total. The van der Waals surface area contributed by atoms with Crippen LogP contribution in [0.4, 0.5) is 0 Å². The number of nitrogens with one attached hydrogen (secondary N) is 2. The molecule has 3 rings (SSSR count). The van der Waals surface area contributed by atoms with Crippen molar-refractivity contribution in [1.82, 2.24) is 19.9 Å². The minimum absolute atomic E-state index is 0.131. The van der Waals surface area contributed by atoms with Crippen LogP contribution in [0.2, 0.25) is 0 Å². The Bertz CT molecular complexity index is 1090. The van der Waals surface area contributed by atoms with E-state index < -0.39 is 66.2 Å². The lowest BCUT2D eigenvalue weighted by Crippen LogP contribution is -2.57. The Hall–Kier alpha value is -3.43. The van der Waals surface area contributed by atoms with Gasteiger partial charge in [-0.1, -0.05) is 13.0 Å². The summed E-state index contributed by atoms with van der Waals surface area (Å²) >= 11 is 0. The van der Waals surface area contributed by atoms with Gasteiger partial charge in [0.2, 0.25) is 5.91 Å². The van der Waals surface area contributed by atoms with Crippen molar-refractivity contribution in [2.24, 2.45) is 11.7 Å². The monoisotopic (exact) mass is 479 g/mol. The molecule has 0 saturated carbocycles. The van der Waals surface area contributed by atoms with Gasteiger partial charge in [-0.05, 0) is 12.1 Å². The summed E-state index contributed by atoms with van der Waals surface area (Å²) in [5, 5.41) is 43.0. The van der Waals surface area contributed by atoms with Crippen LogP contribution < -0.4 is 16.7 Å². The van der Waals surface area contributed by atoms with E-state index >= 15 is 0 Å². The molecule has 0 aromatic carbocycles. The molecule has 0 bridgehead atoms. The van der Waals surface area contributed by atoms with Gasteiger partial charge >= 0.3 is 11.7 Å². The number of ether oxygens (including phenoxy) is 1. The lowest BCUT2D eigenvalue weighted by atomic mass is 9.92. The number of H-pyrrole nitrogens is 1. The van der Waals surface area contributed by atoms with Gasteiger partial charge in [-0.3, -0.25) is 19.1 Å². The number of hydrogen-bond donors (Lipinski definition) is 7. The Balaban J connectivity index is 1.75. The topological polar surface area (TPSA) is 230 Å². The van der Waals surface area contributed by atoms with Crippen LogP contribution in [-0.2, 0) is 14.3 Å². The standard InChI is InChI=1S/C20H25N5O9/c1-8(13(27)10-4-2-3-5-22-10)11(21)17(30)24-12(19(31)32)16-14(28)15(29)18(34-16)25-6-9(7-26)23-20(25)33/h2-8,11-16,18,27-29H,21H2,1H3,(H,23,33)(H,24,30)(H,31,32)/t8-,11-,12-,13+,14-,15-,16-,18+/m1/s1. The molecule has 3 heterocycles. The van der Waals surface area contributed by atoms with Crippen molar-refractivity contribution in [2.45, 2.75) is 49.7 Å². The van der Waals surface area contributed by atoms with E-state index in [2.05, 4.69) is 15.3 Å². The van der Waals surface area contributed by atoms with E-state index in [0.29, 0.717) is 6.29 Å². The largest absolute Gasteiger partial charge is 0.480 e. The fraction of sp³-hybridized carbons (Fsp3) is 0.450. The minimum Gasteiger partial charge on any atom is -0.480 e. The summed E-state index contributed by atoms with van der Waals surface area (Å²) in [4.78, 5) is 53.7. The smallest absolute Gasteiger partial charge is 0.329 e. The van der Waals surface area contributed by atoms with Crippen LogP contribution >= 0.6 is 0 Å². The number of nitrogens with two attached hydrogens (primary N) is 1. The second kappa shape index (κ2) is 10.2. The number of amides is 1. The maximum atomic E-state index is 12.7. The van der Waals surface area contributed by atoms with Crippen molar-refractivity contribution in [3.63, 3.8) is 0 Å². The molecule has 0 aliphatic carbocycles. The zero-order valence-electron chi connectivity index (χ0n) is 17.9. The maximum absolute atomic E-state index is 12.7. The van der Waals surface area contributed by atoms with Gasteiger partial charge in [0.25, 0.3) is 0 Å². The van der Waals surface area contributed by atoms with Gasteiger partial charge in [0.1, 0.15) is 24.4 Å². The predicted octanol–water partition coefficient (Wildman–Crippen LogP) is -2.73. The van der Waals surface area contributed by atoms with Crippen LogP contribution in [0.25, 0.3) is 0 Å². The third-order valence-electron chi connectivity index (χ3n) is 5.69. The summed E-state index contributed by atoms with van der Waals surface area (Å²) in [6, 6.07) is 1.57. The molecular weight excluding hydrogens is 454 g/mol. The zero-order valence-corrected chi connectivity index (χ0v) is 17.9. The number of hydrogen-bond acceptors (Lipinski definition) is 10. The first-order valence-electron chi connectivity index (χ1n) is 10.2. The van der Waals surface area contributed by atoms with E-state index in [0.717, 1.165) is 10.8 Å². The summed E-state index contributed by atoms with van der Waals surface area (Å²) in [5.41, 5.74) is 5.23. The molecule has 0 spiro atoms. The Kier molecular flexibility index (Phi) is 7.58. The van der Waals surface area contributed by atoms with Gasteiger partial charge in [0.05, 0.1) is 17.4 Å². The molecule has 34 heavy (non-hydrogen) atoms. The van der Waals surface area contributed by atoms with Gasteiger partial charge in [-0.15, -0.1) is 0 Å². The molecule has 1 amide bonds. The van der Waals surface area contributed by atoms with Crippen LogP contribution in [0.1, 0.15) is 35.4 Å². The number of carbonyl (C=O) groups excluding carboxylic acids is 2. The summed E-state index contributed by atoms with van der Waals surface area (Å²) in [7, 11) is 0. The van der Waals surface area contributed by atoms with Crippen LogP contribution in [0.5, 0.6) is 0 Å². The molecule has 1 aliphatic rings. The summed E-state index contributed by atoms with van der Waals surface area (Å²) in [6.07, 6.45) is -5.18. The normalized spacial score (nSPS) is 25.8. The highest BCUT2D eigenvalue weighted by Crippen LogP contribution is 2.31. The van der Waals surface area contributed by atoms with Crippen molar-refractivity contribution in [2.75, 3.05) is 0 Å². The van der Waals surface area contributed by atoms with Gasteiger partial charge < -0.3 is 41.2 Å². The Labute approximate surface area is 192 Å². The van der Waals surface area contributed by atoms with Crippen molar-refractivity contribution in [3.05, 3.63) is 52.5 Å². The highest BCUT2D eigenvalue weighted by Gasteiger charge is 2.50. The van der Waals surface area contributed by atoms with Gasteiger partial charge in [0.15, 0.2) is 18.6 Å². The number of carbonyl (C=O) groups is 3. The number of nitrogens with zero attached hydrogens (tertiary/aromatic N) is 2. The van der Waals surface area contributed by atoms with E-state index in [9.17, 15) is 39.6 Å². The molecule has 1 aliphatic heterocycles. The Morgan fingerprint density at radius 1 is 1.32 bits per heavy atom. The van der Waals surface area contributed by atoms with Crippen LogP contribution in [-0.4, -0.2) is 83.5 Å². The third-order valence-corrected chi connectivity index (χ3v) is 5.69. The fourth-order valence-electron chi connectivity index (χ4n) is 3.66. The van der Waals surface area contributed by atoms with Crippen LogP contribution in [0, 0.1) is 5.92 Å². The van der Waals surface area contributed by atoms with Crippen molar-refractivity contribution in [3.8, 4) is 0 Å². The third kappa shape index (κ3) is 4.90. The fourth-order valence-corrected chi connectivity index (χ4v) is 3.66. The molecule has 8 atom stereocenters. The van der Waals surface area contributed by atoms with Crippen molar-refractivity contribution < 1.29 is 39.5 Å². The van der Waals surface area contributed by atoms with E-state index in [1.165, 1.54) is 19.2 Å². The molecule has 0 radical (unpaired) electrons. The second-order valence-corrected chi connectivity index (χ2v) is 7.92. The van der Waals surface area contributed by atoms with Gasteiger partial charge in [-0.2, -0.15) is 0 Å². The second-order valence-electron chi connectivity index (χ2n) is 7.92. The lowest BCUT2D eigenvalue weighted by molar-refractivity contribution is -0.149. The SMILES string of the molecule is C[C@@H]([C@H](O)c1ccccn1)[C@@H](N)C(=O)N[C@@H](C(=O)O)[C@H]1O[C@H](n2cc(C=O)[nH]c2=O)[C@H](O)[C@H]1O. The molecule has 0 unspecified atom stereocenters. The predicted molar refractivity (Wildman–Crippen MR) is 112 cm³/mol. The lowest BCUT2D eigenvalue weighted by Gasteiger charge is -2.28. The van der Waals surface area contributed by atoms with E-state index in [1.54, 1.807) is 12.1 Å². The van der Waals surface area contributed by atoms with Crippen LogP contribution in [0.15, 0.2) is 35.4 Å². The number of aliphatic hydroxyl groups is 3. The van der Waals surface area contributed by atoms with Crippen molar-refractivity contribution >= 4 is 18.2 Å². The quantitative estimate of drug-likeness (QED) is 0.182. The first-order valence-corrected chi connectivity index (χ1v) is 10.2. The van der Waals surface area contributed by atoms with Crippen LogP contribution in [0.3, 0.4) is 0 Å². The molecule has 8 N–H and O–H groups in total. The first kappa shape index (κ1) is 25.2. The van der Waals surface area contributed by atoms with E-state index in [4.69, 9.17) is 10.5 Å². The number of carboxylic acids is 1. The molecule has 1 saturated heterocycles. The highest BCUT2D eigenvalue weighted by molar-refractivity contribution is 5.87. The summed E-state index contributed by atoms with van der Waals surface area (Å²) in [5.74, 6) is -3.45. The number of imidazole rings is 1. The molecule has 14 heteroatoms. The van der Waals surface area contributed by atoms with Gasteiger partial charge in [0, 0.05) is 18.3 Å². The van der Waals surface area contributed by atoms with Gasteiger partial charge in [-0.25, -0.2) is 9.59 Å². The van der Waals surface area contributed by atoms with E-state index in [-0.39, 0.29) is 11.4 Å². The molecule has 184 valence electrons. The number of aliphatic carboxylic acids is 1. The number of rotatable bonds is 9. The van der Waals surface area contributed by atoms with Crippen molar-refractivity contribution in [1.29, 1.82) is 0 Å². The Morgan fingerprint density at radius 2 is 2.03 bits per heavy atom. The number of aromatic amines is 1. The first-order chi connectivity index (χ1) is 16.1. The molecule has 1 fully saturated rings. The number of carboxylic acid groups (broad SMARTS) is 1. The summed E-state index contributed by atoms with van der Waals surface area (Å²) < 4.78 is 6.21. The maximum Gasteiger partial charge on any atom is 0.329 e. The zero-order chi connectivity index (χ0) is 25.2. The summed E-state index contributed by atoms with van der Waals surface area (Å²) in [6.45, 7) is 1.48. The average Bonchev–Trinajstić information content (AvgIpc) is 3.34.